The summed E-state index contributed by atoms with van der Waals surface area (Å²) < 4.78 is 2.79. The first-order chi connectivity index (χ1) is 4.34. The van der Waals surface area contributed by atoms with Crippen LogP contribution in [0.3, 0.4) is 0 Å². The number of hydrogen-bond acceptors (Lipinski definition) is 2. The zero-order valence-electron chi connectivity index (χ0n) is 4.92. The lowest BCUT2D eigenvalue weighted by molar-refractivity contribution is 0.612. The predicted molar refractivity (Wildman–Crippen MR) is 39.0 cm³/mol. The third-order valence-corrected chi connectivity index (χ3v) is 1.68. The third kappa shape index (κ3) is 1.53. The van der Waals surface area contributed by atoms with E-state index in [1.165, 1.54) is 0 Å². The normalized spacial score (nSPS) is 10.0. The monoisotopic (exact) mass is 189 g/mol. The van der Waals surface area contributed by atoms with Crippen LogP contribution in [0, 0.1) is 0 Å². The molecule has 2 N–H and O–H groups in total. The van der Waals surface area contributed by atoms with Crippen LogP contribution in [0.1, 0.15) is 0 Å². The van der Waals surface area contributed by atoms with Gasteiger partial charge >= 0.3 is 0 Å². The molecule has 0 aliphatic rings. The minimum absolute atomic E-state index is 0.625. The van der Waals surface area contributed by atoms with Crippen molar-refractivity contribution in [3.8, 4) is 0 Å². The van der Waals surface area contributed by atoms with Gasteiger partial charge in [-0.15, -0.1) is 0 Å². The fourth-order valence-corrected chi connectivity index (χ4v) is 0.990. The molecule has 1 rings (SSSR count). The van der Waals surface area contributed by atoms with Crippen molar-refractivity contribution in [2.45, 2.75) is 6.54 Å². The Morgan fingerprint density at radius 1 is 1.78 bits per heavy atom. The predicted octanol–water partition coefficient (Wildman–Crippen LogP) is 0.604. The van der Waals surface area contributed by atoms with Crippen LogP contribution in [-0.2, 0) is 6.54 Å². The molecule has 0 saturated carbocycles. The molecular formula is C5H8BrN3. The Morgan fingerprint density at radius 3 is 3.00 bits per heavy atom. The average molecular weight is 190 g/mol. The lowest BCUT2D eigenvalue weighted by Gasteiger charge is -1.97. The molecule has 0 spiro atoms. The molecule has 0 atom stereocenters. The van der Waals surface area contributed by atoms with Crippen molar-refractivity contribution in [3.05, 3.63) is 16.9 Å². The molecule has 0 bridgehead atoms. The summed E-state index contributed by atoms with van der Waals surface area (Å²) in [5, 5.41) is 4.00. The van der Waals surface area contributed by atoms with Gasteiger partial charge in [-0.1, -0.05) is 0 Å². The Morgan fingerprint density at radius 2 is 2.56 bits per heavy atom. The van der Waals surface area contributed by atoms with E-state index in [9.17, 15) is 0 Å². The van der Waals surface area contributed by atoms with Crippen LogP contribution in [-0.4, -0.2) is 16.3 Å². The van der Waals surface area contributed by atoms with E-state index in [2.05, 4.69) is 21.0 Å². The zero-order chi connectivity index (χ0) is 6.69. The molecule has 0 saturated heterocycles. The molecule has 3 nitrogen and oxygen atoms in total. The fourth-order valence-electron chi connectivity index (χ4n) is 0.603. The van der Waals surface area contributed by atoms with E-state index in [0.29, 0.717) is 6.54 Å². The largest absolute Gasteiger partial charge is 0.329 e. The number of halogens is 1. The summed E-state index contributed by atoms with van der Waals surface area (Å²) >= 11 is 3.31. The van der Waals surface area contributed by atoms with Gasteiger partial charge in [-0.25, -0.2) is 0 Å². The van der Waals surface area contributed by atoms with Crippen LogP contribution in [0.2, 0.25) is 0 Å². The van der Waals surface area contributed by atoms with Crippen molar-refractivity contribution in [3.63, 3.8) is 0 Å². The Hall–Kier alpha value is -0.350. The molecule has 0 unspecified atom stereocenters. The highest BCUT2D eigenvalue weighted by Crippen LogP contribution is 2.05. The van der Waals surface area contributed by atoms with Crippen LogP contribution in [0.5, 0.6) is 0 Å². The molecule has 1 aromatic rings. The molecule has 0 amide bonds. The van der Waals surface area contributed by atoms with Crippen molar-refractivity contribution in [1.29, 1.82) is 0 Å². The van der Waals surface area contributed by atoms with Crippen LogP contribution in [0.25, 0.3) is 0 Å². The fraction of sp³-hybridized carbons (Fsp3) is 0.400. The van der Waals surface area contributed by atoms with E-state index >= 15 is 0 Å². The van der Waals surface area contributed by atoms with E-state index in [1.54, 1.807) is 10.9 Å². The van der Waals surface area contributed by atoms with Gasteiger partial charge in [0.15, 0.2) is 0 Å². The average Bonchev–Trinajstić information content (AvgIpc) is 2.18. The summed E-state index contributed by atoms with van der Waals surface area (Å²) in [6, 6.07) is 1.88. The van der Waals surface area contributed by atoms with Gasteiger partial charge < -0.3 is 5.73 Å². The van der Waals surface area contributed by atoms with Crippen molar-refractivity contribution < 1.29 is 0 Å². The van der Waals surface area contributed by atoms with Gasteiger partial charge in [-0.3, -0.25) is 4.68 Å². The maximum Gasteiger partial charge on any atom is 0.104 e. The number of rotatable bonds is 2. The highest BCUT2D eigenvalue weighted by atomic mass is 79.9. The molecule has 0 radical (unpaired) electrons. The number of nitrogens with zero attached hydrogens (tertiary/aromatic N) is 2. The van der Waals surface area contributed by atoms with E-state index < -0.39 is 0 Å². The second-order valence-electron chi connectivity index (χ2n) is 1.67. The highest BCUT2D eigenvalue weighted by molar-refractivity contribution is 9.10. The van der Waals surface area contributed by atoms with Crippen molar-refractivity contribution >= 4 is 15.9 Å². The van der Waals surface area contributed by atoms with Gasteiger partial charge in [-0.2, -0.15) is 5.10 Å². The Kier molecular flexibility index (Phi) is 2.24. The molecule has 0 fully saturated rings. The minimum Gasteiger partial charge on any atom is -0.329 e. The van der Waals surface area contributed by atoms with Gasteiger partial charge in [0, 0.05) is 6.54 Å². The third-order valence-electron chi connectivity index (χ3n) is 1.01. The van der Waals surface area contributed by atoms with Gasteiger partial charge in [0.2, 0.25) is 0 Å². The first-order valence-corrected chi connectivity index (χ1v) is 3.51. The summed E-state index contributed by atoms with van der Waals surface area (Å²) in [6.45, 7) is 1.40. The van der Waals surface area contributed by atoms with E-state index in [1.807, 2.05) is 6.07 Å². The number of nitrogens with two attached hydrogens (primary N) is 1. The molecule has 0 aliphatic carbocycles. The minimum atomic E-state index is 0.625. The molecule has 50 valence electrons. The molecule has 1 heterocycles. The van der Waals surface area contributed by atoms with Crippen molar-refractivity contribution in [2.75, 3.05) is 6.54 Å². The lowest BCUT2D eigenvalue weighted by Crippen LogP contribution is -2.10. The van der Waals surface area contributed by atoms with Crippen LogP contribution < -0.4 is 5.73 Å². The summed E-state index contributed by atoms with van der Waals surface area (Å²) in [4.78, 5) is 0. The number of hydrogen-bond donors (Lipinski definition) is 1. The Bertz CT molecular complexity index is 184. The topological polar surface area (TPSA) is 43.8 Å². The molecule has 9 heavy (non-hydrogen) atoms. The van der Waals surface area contributed by atoms with E-state index in [-0.39, 0.29) is 0 Å². The standard InChI is InChI=1S/C5H8BrN3/c6-5-1-3-8-9(5)4-2-7/h1,3H,2,4,7H2. The second kappa shape index (κ2) is 2.98. The molecular weight excluding hydrogens is 182 g/mol. The smallest absolute Gasteiger partial charge is 0.104 e. The Balaban J connectivity index is 2.69. The second-order valence-corrected chi connectivity index (χ2v) is 2.48. The summed E-state index contributed by atoms with van der Waals surface area (Å²) in [6.07, 6.45) is 1.74. The SMILES string of the molecule is NCCn1nccc1Br. The highest BCUT2D eigenvalue weighted by Gasteiger charge is 1.93. The van der Waals surface area contributed by atoms with Crippen molar-refractivity contribution in [1.82, 2.24) is 9.78 Å². The van der Waals surface area contributed by atoms with E-state index in [0.717, 1.165) is 11.1 Å². The van der Waals surface area contributed by atoms with Gasteiger partial charge in [0.05, 0.1) is 12.7 Å². The summed E-state index contributed by atoms with van der Waals surface area (Å²) in [5.41, 5.74) is 5.31. The lowest BCUT2D eigenvalue weighted by atomic mass is 10.6. The maximum atomic E-state index is 5.31. The Labute approximate surface area is 62.0 Å². The van der Waals surface area contributed by atoms with Gasteiger partial charge in [0.25, 0.3) is 0 Å². The van der Waals surface area contributed by atoms with E-state index in [4.69, 9.17) is 5.73 Å². The van der Waals surface area contributed by atoms with Gasteiger partial charge in [-0.05, 0) is 22.0 Å². The molecule has 0 aliphatic heterocycles. The van der Waals surface area contributed by atoms with Crippen LogP contribution in [0.15, 0.2) is 16.9 Å². The van der Waals surface area contributed by atoms with Crippen LogP contribution >= 0.6 is 15.9 Å². The first kappa shape index (κ1) is 6.77. The molecule has 4 heteroatoms. The quantitative estimate of drug-likeness (QED) is 0.742. The molecule has 0 aromatic carbocycles. The van der Waals surface area contributed by atoms with Crippen LogP contribution in [0.4, 0.5) is 0 Å². The van der Waals surface area contributed by atoms with Gasteiger partial charge in [0.1, 0.15) is 4.60 Å². The first-order valence-electron chi connectivity index (χ1n) is 2.72. The number of aromatic nitrogens is 2. The maximum absolute atomic E-state index is 5.31. The van der Waals surface area contributed by atoms with Crippen molar-refractivity contribution in [2.24, 2.45) is 5.73 Å². The summed E-state index contributed by atoms with van der Waals surface area (Å²) in [7, 11) is 0. The summed E-state index contributed by atoms with van der Waals surface area (Å²) in [5.74, 6) is 0. The molecule has 1 aromatic heterocycles. The zero-order valence-corrected chi connectivity index (χ0v) is 6.50.